The molecule has 25 nitrogen and oxygen atoms in total. The summed E-state index contributed by atoms with van der Waals surface area (Å²) in [5, 5.41) is 37.4. The molecule has 14 rings (SSSR count). The molecule has 4 aromatic carbocycles. The molecule has 6 aromatic heterocycles. The van der Waals surface area contributed by atoms with E-state index in [1.54, 1.807) is 73.6 Å². The zero-order valence-electron chi connectivity index (χ0n) is 59.9. The molecule has 10 aromatic rings. The van der Waals surface area contributed by atoms with Crippen molar-refractivity contribution in [2.24, 2.45) is 0 Å². The second-order valence-corrected chi connectivity index (χ2v) is 30.5. The Balaban J connectivity index is 0.000000173. The number of anilines is 5. The van der Waals surface area contributed by atoms with Crippen LogP contribution in [0.3, 0.4) is 0 Å². The SMILES string of the molecule is CC1=C(c2ccc(N)cc2)CN(c2nccnc2Cl)CC1.CC1=C(c2ccc(NC(=O)c3ccncc3F)cc2)CN(c2nccnc2Cl)CC1.CC1=C(c2ccc([N+](=O)[O-])cc2)CN(c2nccnc2Cl)CC1.CC1=C(c2ccc([N+](=O)[O-])cc2)CNCC1.Clc1nccnc1Cl.O=C(O)c1ccncc1F.[Cl][Sn][Cl]. The molecule has 0 saturated carbocycles. The molecule has 0 unspecified atom stereocenters. The summed E-state index contributed by atoms with van der Waals surface area (Å²) >= 11 is 28.5. The summed E-state index contributed by atoms with van der Waals surface area (Å²) in [5.74, 6) is -1.17. The number of hydrogen-bond acceptors (Lipinski definition) is 21. The van der Waals surface area contributed by atoms with Crippen LogP contribution in [0.2, 0.25) is 25.8 Å². The van der Waals surface area contributed by atoms with Crippen molar-refractivity contribution in [2.75, 3.05) is 78.1 Å². The van der Waals surface area contributed by atoms with Gasteiger partial charge in [0.15, 0.2) is 54.9 Å². The second kappa shape index (κ2) is 43.6. The van der Waals surface area contributed by atoms with Crippen LogP contribution in [0.5, 0.6) is 0 Å². The zero-order valence-corrected chi connectivity index (χ0v) is 68.0. The summed E-state index contributed by atoms with van der Waals surface area (Å²) in [6.45, 7) is 15.0. The van der Waals surface area contributed by atoms with Crippen LogP contribution in [-0.4, -0.2) is 148 Å². The van der Waals surface area contributed by atoms with Gasteiger partial charge in [0.25, 0.3) is 17.3 Å². The van der Waals surface area contributed by atoms with Crippen molar-refractivity contribution in [1.82, 2.24) is 55.2 Å². The van der Waals surface area contributed by atoms with Gasteiger partial charge >= 0.3 is 42.7 Å². The summed E-state index contributed by atoms with van der Waals surface area (Å²) in [7, 11) is 9.87. The van der Waals surface area contributed by atoms with Gasteiger partial charge in [-0.25, -0.2) is 53.4 Å². The third-order valence-corrected chi connectivity index (χ3v) is 18.8. The standard InChI is InChI=1S/C22H19ClFN5O.C16H15ClN4O2.C16H17ClN4.C12H14N2O2.C6H4FNO2.C4H2Cl2N2.2ClH.Sn/c1-14-7-11-29(21-20(23)26-9-10-27-21)13-18(14)15-2-4-16(5-3-15)28-22(30)17-6-8-25-12-19(17)24;1-11-6-9-20(16-15(17)18-7-8-19-16)10-14(11)12-2-4-13(5-3-12)21(22)23;1-11-6-9-21(16-15(17)19-7-8-20-16)10-14(11)12-2-4-13(18)5-3-12;1-9-6-7-13-8-12(9)10-2-4-11(5-3-10)14(15)16;7-5-3-8-2-1-4(5)6(9)10;5-3-4(6)8-2-1-7-3;;;/h2-6,8-10,12H,7,11,13H2,1H3,(H,28,30);2-5,7-8H,6,9-10H2,1H3;2-5,7-8H,6,9-10,18H2,1H3;2-5,13H,6-8H2,1H3;1-3H,(H,9,10);1-2H;2*1H;/q;;;;;;;;+2/p-2. The number of aromatic carboxylic acids is 1. The molecule has 5 N–H and O–H groups in total. The first-order chi connectivity index (χ1) is 53.3. The number of halogens is 9. The molecule has 0 fully saturated rings. The van der Waals surface area contributed by atoms with E-state index in [2.05, 4.69) is 115 Å². The molecule has 0 aliphatic carbocycles. The van der Waals surface area contributed by atoms with Gasteiger partial charge in [-0.1, -0.05) is 105 Å². The molecule has 4 aliphatic rings. The number of hydrogen-bond donors (Lipinski definition) is 4. The molecule has 2 radical (unpaired) electrons. The van der Waals surface area contributed by atoms with Gasteiger partial charge in [-0.2, -0.15) is 0 Å². The molecular weight excluding hydrogens is 1680 g/mol. The summed E-state index contributed by atoms with van der Waals surface area (Å²) in [4.78, 5) is 89.0. The molecule has 10 heterocycles. The average molecular weight is 1750 g/mol. The number of carboxylic acid groups (broad SMARTS) is 1. The first-order valence-corrected chi connectivity index (χ1v) is 42.8. The summed E-state index contributed by atoms with van der Waals surface area (Å²) < 4.78 is 26.1. The molecule has 4 aliphatic heterocycles. The van der Waals surface area contributed by atoms with E-state index >= 15 is 0 Å². The van der Waals surface area contributed by atoms with E-state index in [4.69, 9.17) is 86.7 Å². The Morgan fingerprint density at radius 3 is 1.13 bits per heavy atom. The van der Waals surface area contributed by atoms with E-state index in [0.717, 1.165) is 117 Å². The van der Waals surface area contributed by atoms with Crippen molar-refractivity contribution in [1.29, 1.82) is 0 Å². The van der Waals surface area contributed by atoms with Crippen molar-refractivity contribution >= 4 is 169 Å². The van der Waals surface area contributed by atoms with Gasteiger partial charge in [0.05, 0.1) is 33.4 Å². The van der Waals surface area contributed by atoms with Crippen molar-refractivity contribution in [3.05, 3.63) is 297 Å². The fraction of sp³-hybridized carbons (Fsp3) is 0.211. The van der Waals surface area contributed by atoms with E-state index in [1.807, 2.05) is 36.4 Å². The minimum absolute atomic E-state index is 0.0450. The number of benzene rings is 4. The predicted octanol–water partition coefficient (Wildman–Crippen LogP) is 17.8. The molecular formula is C76H71Cl7F2N18O7Sn. The quantitative estimate of drug-likeness (QED) is 0.0382. The number of carboxylic acids is 1. The number of nitrogens with zero attached hydrogens (tertiary/aromatic N) is 15. The van der Waals surface area contributed by atoms with Crippen LogP contribution >= 0.6 is 75.8 Å². The number of aromatic nitrogens is 10. The number of nitrogen functional groups attached to an aromatic ring is 1. The Hall–Kier alpha value is -9.95. The van der Waals surface area contributed by atoms with Crippen LogP contribution in [0.15, 0.2) is 206 Å². The van der Waals surface area contributed by atoms with Gasteiger partial charge in [0.2, 0.25) is 0 Å². The molecule has 0 atom stereocenters. The third-order valence-electron chi connectivity index (χ3n) is 17.4. The van der Waals surface area contributed by atoms with E-state index in [9.17, 15) is 38.6 Å². The maximum absolute atomic E-state index is 13.7. The average Bonchev–Trinajstić information content (AvgIpc) is 0.816. The van der Waals surface area contributed by atoms with E-state index < -0.39 is 47.3 Å². The number of carbonyl (C=O) groups excluding carboxylic acids is 1. The van der Waals surface area contributed by atoms with Crippen molar-refractivity contribution < 1.29 is 33.3 Å². The van der Waals surface area contributed by atoms with Gasteiger partial charge in [-0.3, -0.25) is 35.0 Å². The summed E-state index contributed by atoms with van der Waals surface area (Å²) in [6.07, 6.45) is 21.0. The minimum atomic E-state index is -1.28. The number of nitrogens with two attached hydrogens (primary N) is 1. The number of rotatable bonds is 12. The number of carbonyl (C=O) groups is 2. The molecule has 0 bridgehead atoms. The number of nitro benzene ring substituents is 2. The number of pyridine rings is 2. The number of non-ortho nitro benzene ring substituents is 2. The van der Waals surface area contributed by atoms with E-state index in [1.165, 1.54) is 87.6 Å². The Bertz CT molecular complexity index is 4990. The number of nitro groups is 2. The Morgan fingerprint density at radius 2 is 0.802 bits per heavy atom. The van der Waals surface area contributed by atoms with Gasteiger partial charge in [0, 0.05) is 143 Å². The topological polar surface area (TPSA) is 329 Å². The monoisotopic (exact) mass is 1750 g/mol. The van der Waals surface area contributed by atoms with E-state index in [-0.39, 0.29) is 37.7 Å². The Labute approximate surface area is 680 Å². The van der Waals surface area contributed by atoms with Crippen LogP contribution < -0.4 is 31.1 Å². The van der Waals surface area contributed by atoms with Gasteiger partial charge < -0.3 is 36.2 Å². The summed E-state index contributed by atoms with van der Waals surface area (Å²) in [5.41, 5.74) is 21.5. The maximum atomic E-state index is 13.7. The Kier molecular flexibility index (Phi) is 34.0. The van der Waals surface area contributed by atoms with Crippen molar-refractivity contribution in [2.45, 2.75) is 53.4 Å². The molecule has 1 amide bonds. The van der Waals surface area contributed by atoms with Crippen LogP contribution in [0.25, 0.3) is 22.3 Å². The van der Waals surface area contributed by atoms with Gasteiger partial charge in [0.1, 0.15) is 0 Å². The number of amides is 1. The normalized spacial score (nSPS) is 13.8. The molecule has 111 heavy (non-hydrogen) atoms. The first-order valence-electron chi connectivity index (χ1n) is 33.7. The summed E-state index contributed by atoms with van der Waals surface area (Å²) in [6, 6.07) is 31.4. The molecule has 0 spiro atoms. The number of nitrogens with one attached hydrogen (secondary N) is 2. The van der Waals surface area contributed by atoms with Crippen LogP contribution in [0.4, 0.5) is 49.0 Å². The zero-order chi connectivity index (χ0) is 80.1. The van der Waals surface area contributed by atoms with Crippen molar-refractivity contribution in [3.63, 3.8) is 0 Å². The second-order valence-electron chi connectivity index (χ2n) is 24.5. The Morgan fingerprint density at radius 1 is 0.477 bits per heavy atom. The third kappa shape index (κ3) is 25.5. The van der Waals surface area contributed by atoms with Gasteiger partial charge in [-0.05, 0) is 165 Å². The van der Waals surface area contributed by atoms with Crippen molar-refractivity contribution in [3.8, 4) is 0 Å². The van der Waals surface area contributed by atoms with Crippen LogP contribution in [-0.2, 0) is 0 Å². The predicted molar refractivity (Wildman–Crippen MR) is 436 cm³/mol. The molecule has 574 valence electrons. The molecule has 0 saturated heterocycles. The van der Waals surface area contributed by atoms with Crippen LogP contribution in [0, 0.1) is 31.9 Å². The molecule has 35 heteroatoms. The van der Waals surface area contributed by atoms with Crippen LogP contribution in [0.1, 0.15) is 96.3 Å². The van der Waals surface area contributed by atoms with Gasteiger partial charge in [-0.15, -0.1) is 0 Å². The first kappa shape index (κ1) is 86.6. The fourth-order valence-corrected chi connectivity index (χ4v) is 12.4. The fourth-order valence-electron chi connectivity index (χ4n) is 11.5. The van der Waals surface area contributed by atoms with E-state index in [0.29, 0.717) is 45.9 Å².